The van der Waals surface area contributed by atoms with Gasteiger partial charge in [0.15, 0.2) is 0 Å². The minimum absolute atomic E-state index is 0.217. The predicted octanol–water partition coefficient (Wildman–Crippen LogP) is 3.96. The molecule has 2 aliphatic rings. The summed E-state index contributed by atoms with van der Waals surface area (Å²) in [6.45, 7) is 4.93. The van der Waals surface area contributed by atoms with Crippen LogP contribution in [0.5, 0.6) is 5.75 Å². The first kappa shape index (κ1) is 20.6. The van der Waals surface area contributed by atoms with Crippen molar-refractivity contribution in [2.75, 3.05) is 31.2 Å². The zero-order valence-electron chi connectivity index (χ0n) is 17.4. The molecule has 1 saturated heterocycles. The molecule has 2 aromatic rings. The highest BCUT2D eigenvalue weighted by Gasteiger charge is 2.25. The van der Waals surface area contributed by atoms with E-state index in [-0.39, 0.29) is 11.7 Å². The maximum absolute atomic E-state index is 11.2. The number of aromatic nitrogens is 2. The van der Waals surface area contributed by atoms with Gasteiger partial charge in [-0.2, -0.15) is 0 Å². The molecule has 2 aromatic heterocycles. The van der Waals surface area contributed by atoms with Gasteiger partial charge in [0.25, 0.3) is 0 Å². The van der Waals surface area contributed by atoms with Gasteiger partial charge in [-0.3, -0.25) is 9.97 Å². The second kappa shape index (κ2) is 9.43. The average molecular weight is 412 g/mol. The molecule has 1 saturated carbocycles. The van der Waals surface area contributed by atoms with Crippen LogP contribution in [-0.2, 0) is 4.74 Å². The van der Waals surface area contributed by atoms with Crippen molar-refractivity contribution in [3.8, 4) is 5.75 Å². The number of ether oxygens (including phenoxy) is 2. The van der Waals surface area contributed by atoms with E-state index >= 15 is 0 Å². The van der Waals surface area contributed by atoms with Crippen LogP contribution in [0.25, 0.3) is 0 Å². The van der Waals surface area contributed by atoms with E-state index in [4.69, 9.17) is 9.47 Å². The largest absolute Gasteiger partial charge is 0.492 e. The minimum atomic E-state index is -0.965. The summed E-state index contributed by atoms with van der Waals surface area (Å²) in [5, 5.41) is 9.22. The van der Waals surface area contributed by atoms with Gasteiger partial charge in [-0.1, -0.05) is 19.8 Å². The molecule has 0 bridgehead atoms. The Balaban J connectivity index is 1.39. The van der Waals surface area contributed by atoms with Gasteiger partial charge >= 0.3 is 5.97 Å². The smallest absolute Gasteiger partial charge is 0.335 e. The van der Waals surface area contributed by atoms with Crippen LogP contribution in [0.2, 0.25) is 0 Å². The highest BCUT2D eigenvalue weighted by molar-refractivity contribution is 5.87. The quantitative estimate of drug-likeness (QED) is 0.770. The third kappa shape index (κ3) is 5.08. The Labute approximate surface area is 177 Å². The van der Waals surface area contributed by atoms with Crippen LogP contribution in [0.1, 0.15) is 54.8 Å². The van der Waals surface area contributed by atoms with E-state index in [2.05, 4.69) is 21.8 Å². The number of rotatable bonds is 6. The van der Waals surface area contributed by atoms with Crippen molar-refractivity contribution in [2.24, 2.45) is 11.8 Å². The van der Waals surface area contributed by atoms with E-state index in [0.29, 0.717) is 24.8 Å². The van der Waals surface area contributed by atoms with Crippen molar-refractivity contribution < 1.29 is 19.4 Å². The molecule has 1 atom stereocenters. The highest BCUT2D eigenvalue weighted by Crippen LogP contribution is 2.30. The van der Waals surface area contributed by atoms with E-state index in [1.807, 2.05) is 12.3 Å². The van der Waals surface area contributed by atoms with E-state index in [0.717, 1.165) is 30.5 Å². The number of anilines is 1. The second-order valence-electron chi connectivity index (χ2n) is 8.40. The molecule has 0 aromatic carbocycles. The van der Waals surface area contributed by atoms with Crippen molar-refractivity contribution in [2.45, 2.75) is 38.7 Å². The Morgan fingerprint density at radius 1 is 1.27 bits per heavy atom. The van der Waals surface area contributed by atoms with Gasteiger partial charge in [-0.25, -0.2) is 4.79 Å². The molecular formula is C23H29N3O4. The summed E-state index contributed by atoms with van der Waals surface area (Å²) in [7, 11) is 0. The van der Waals surface area contributed by atoms with Crippen LogP contribution in [0.3, 0.4) is 0 Å². The fourth-order valence-electron chi connectivity index (χ4n) is 4.19. The van der Waals surface area contributed by atoms with Gasteiger partial charge in [0.1, 0.15) is 11.9 Å². The van der Waals surface area contributed by atoms with Crippen LogP contribution in [0.15, 0.2) is 36.8 Å². The number of morpholine rings is 1. The summed E-state index contributed by atoms with van der Waals surface area (Å²) in [4.78, 5) is 22.1. The van der Waals surface area contributed by atoms with Crippen molar-refractivity contribution in [1.82, 2.24) is 9.97 Å². The van der Waals surface area contributed by atoms with Gasteiger partial charge in [-0.15, -0.1) is 0 Å². The van der Waals surface area contributed by atoms with E-state index in [1.54, 1.807) is 12.3 Å². The molecule has 3 heterocycles. The second-order valence-corrected chi connectivity index (χ2v) is 8.40. The van der Waals surface area contributed by atoms with Crippen LogP contribution >= 0.6 is 0 Å². The van der Waals surface area contributed by atoms with Gasteiger partial charge in [0.05, 0.1) is 49.1 Å². The normalized spacial score (nSPS) is 24.4. The molecule has 1 N–H and O–H groups in total. The molecule has 160 valence electrons. The summed E-state index contributed by atoms with van der Waals surface area (Å²) in [6.07, 6.45) is 9.89. The molecule has 4 rings (SSSR count). The number of pyridine rings is 2. The number of hydrogen-bond acceptors (Lipinski definition) is 6. The van der Waals surface area contributed by atoms with Crippen molar-refractivity contribution in [3.05, 3.63) is 48.0 Å². The van der Waals surface area contributed by atoms with Gasteiger partial charge < -0.3 is 19.5 Å². The number of hydrogen-bond donors (Lipinski definition) is 1. The first-order chi connectivity index (χ1) is 14.6. The lowest BCUT2D eigenvalue weighted by Crippen LogP contribution is -2.38. The van der Waals surface area contributed by atoms with Crippen LogP contribution in [0, 0.1) is 11.8 Å². The Kier molecular flexibility index (Phi) is 6.47. The van der Waals surface area contributed by atoms with Crippen molar-refractivity contribution in [3.63, 3.8) is 0 Å². The molecule has 30 heavy (non-hydrogen) atoms. The monoisotopic (exact) mass is 411 g/mol. The summed E-state index contributed by atoms with van der Waals surface area (Å²) in [6, 6.07) is 5.10. The van der Waals surface area contributed by atoms with Crippen molar-refractivity contribution in [1.29, 1.82) is 0 Å². The average Bonchev–Trinajstić information content (AvgIpc) is 2.79. The van der Waals surface area contributed by atoms with Gasteiger partial charge in [0.2, 0.25) is 0 Å². The summed E-state index contributed by atoms with van der Waals surface area (Å²) < 4.78 is 11.9. The lowest BCUT2D eigenvalue weighted by Gasteiger charge is -2.34. The topological polar surface area (TPSA) is 84.8 Å². The molecule has 0 spiro atoms. The Hall–Kier alpha value is -2.67. The Morgan fingerprint density at radius 2 is 2.10 bits per heavy atom. The summed E-state index contributed by atoms with van der Waals surface area (Å²) in [5.74, 6) is 1.30. The lowest BCUT2D eigenvalue weighted by molar-refractivity contribution is 0.0369. The molecular weight excluding hydrogens is 382 g/mol. The molecule has 1 aliphatic heterocycles. The van der Waals surface area contributed by atoms with Crippen LogP contribution in [-0.4, -0.2) is 47.3 Å². The maximum Gasteiger partial charge on any atom is 0.335 e. The lowest BCUT2D eigenvalue weighted by atomic mass is 9.83. The first-order valence-electron chi connectivity index (χ1n) is 10.7. The molecule has 2 fully saturated rings. The summed E-state index contributed by atoms with van der Waals surface area (Å²) >= 11 is 0. The molecule has 1 unspecified atom stereocenters. The van der Waals surface area contributed by atoms with E-state index in [9.17, 15) is 9.90 Å². The number of aromatic carboxylic acids is 1. The number of carboxylic acid groups (broad SMARTS) is 1. The Bertz CT molecular complexity index is 867. The minimum Gasteiger partial charge on any atom is -0.492 e. The number of nitrogens with zero attached hydrogens (tertiary/aromatic N) is 3. The van der Waals surface area contributed by atoms with Gasteiger partial charge in [-0.05, 0) is 36.8 Å². The fraction of sp³-hybridized carbons (Fsp3) is 0.522. The molecule has 7 nitrogen and oxygen atoms in total. The molecule has 1 aliphatic carbocycles. The first-order valence-corrected chi connectivity index (χ1v) is 10.7. The SMILES string of the molecule is C[C@H]1CC[C@H](COc2cncc(N3CCOC(c4cc(C(=O)O)ccn4)C3)c2)CC1. The highest BCUT2D eigenvalue weighted by atomic mass is 16.5. The predicted molar refractivity (Wildman–Crippen MR) is 113 cm³/mol. The third-order valence-corrected chi connectivity index (χ3v) is 6.11. The summed E-state index contributed by atoms with van der Waals surface area (Å²) in [5.41, 5.74) is 1.83. The number of carboxylic acids is 1. The fourth-order valence-corrected chi connectivity index (χ4v) is 4.19. The van der Waals surface area contributed by atoms with Crippen LogP contribution < -0.4 is 9.64 Å². The maximum atomic E-state index is 11.2. The zero-order chi connectivity index (χ0) is 20.9. The molecule has 0 amide bonds. The number of carbonyl (C=O) groups is 1. The van der Waals surface area contributed by atoms with Gasteiger partial charge in [0, 0.05) is 18.8 Å². The molecule has 7 heteroatoms. The zero-order valence-corrected chi connectivity index (χ0v) is 17.4. The van der Waals surface area contributed by atoms with Crippen molar-refractivity contribution >= 4 is 11.7 Å². The Morgan fingerprint density at radius 3 is 2.90 bits per heavy atom. The third-order valence-electron chi connectivity index (χ3n) is 6.11. The van der Waals surface area contributed by atoms with E-state index in [1.165, 1.54) is 37.9 Å². The standard InChI is InChI=1S/C23H29N3O4/c1-16-2-4-17(5-3-16)15-30-20-11-19(12-24-13-20)26-8-9-29-22(14-26)21-10-18(23(27)28)6-7-25-21/h6-7,10-13,16-17,22H,2-5,8-9,14-15H2,1H3,(H,27,28)/t16-,17-,22?. The van der Waals surface area contributed by atoms with Crippen LogP contribution in [0.4, 0.5) is 5.69 Å². The van der Waals surface area contributed by atoms with E-state index < -0.39 is 5.97 Å². The molecule has 0 radical (unpaired) electrons.